The second-order valence-corrected chi connectivity index (χ2v) is 8.21. The predicted octanol–water partition coefficient (Wildman–Crippen LogP) is 4.22. The van der Waals surface area contributed by atoms with Crippen molar-refractivity contribution in [2.24, 2.45) is 0 Å². The van der Waals surface area contributed by atoms with Gasteiger partial charge in [0.15, 0.2) is 0 Å². The third-order valence-electron chi connectivity index (χ3n) is 6.20. The van der Waals surface area contributed by atoms with E-state index in [0.717, 1.165) is 16.8 Å². The van der Waals surface area contributed by atoms with Gasteiger partial charge in [0, 0.05) is 24.1 Å². The molecule has 0 bridgehead atoms. The number of amides is 2. The molecule has 4 rings (SSSR count). The number of likely N-dealkylation sites (tertiary alicyclic amines) is 1. The van der Waals surface area contributed by atoms with E-state index in [0.29, 0.717) is 19.3 Å². The average molecular weight is 437 g/mol. The van der Waals surface area contributed by atoms with Crippen molar-refractivity contribution >= 4 is 23.7 Å². The largest absolute Gasteiger partial charge is 0.469 e. The Morgan fingerprint density at radius 2 is 1.75 bits per heavy atom. The Balaban J connectivity index is 1.66. The summed E-state index contributed by atoms with van der Waals surface area (Å²) in [7, 11) is 1.34. The van der Waals surface area contributed by atoms with Gasteiger partial charge in [0.2, 0.25) is 5.91 Å². The van der Waals surface area contributed by atoms with Gasteiger partial charge >= 0.3 is 12.1 Å². The van der Waals surface area contributed by atoms with Crippen molar-refractivity contribution in [2.75, 3.05) is 12.0 Å². The summed E-state index contributed by atoms with van der Waals surface area (Å²) in [5.74, 6) is -0.506. The lowest BCUT2D eigenvalue weighted by molar-refractivity contribution is -0.141. The van der Waals surface area contributed by atoms with Crippen LogP contribution in [0.15, 0.2) is 54.6 Å². The number of anilines is 1. The molecule has 0 spiro atoms. The molecular weight excluding hydrogens is 408 g/mol. The van der Waals surface area contributed by atoms with Crippen LogP contribution in [-0.4, -0.2) is 42.2 Å². The van der Waals surface area contributed by atoms with Gasteiger partial charge in [-0.2, -0.15) is 0 Å². The molecule has 1 fully saturated rings. The quantitative estimate of drug-likeness (QED) is 0.634. The highest BCUT2D eigenvalue weighted by Crippen LogP contribution is 2.50. The lowest BCUT2D eigenvalue weighted by Gasteiger charge is -2.34. The summed E-state index contributed by atoms with van der Waals surface area (Å²) in [5, 5.41) is 0. The Kier molecular flexibility index (Phi) is 6.44. The minimum atomic E-state index is -0.530. The van der Waals surface area contributed by atoms with E-state index in [1.807, 2.05) is 61.5 Å². The van der Waals surface area contributed by atoms with Gasteiger partial charge in [0.25, 0.3) is 0 Å². The van der Waals surface area contributed by atoms with E-state index in [1.54, 1.807) is 9.80 Å². The zero-order chi connectivity index (χ0) is 22.7. The SMILES string of the molecule is CCCC(=O)N1c2ccccc2C2C[C@@H](CC(=O)OC)N(C(=O)OCc3ccccc3)[C@H]21. The summed E-state index contributed by atoms with van der Waals surface area (Å²) in [5.41, 5.74) is 2.73. The Morgan fingerprint density at radius 3 is 2.47 bits per heavy atom. The summed E-state index contributed by atoms with van der Waals surface area (Å²) >= 11 is 0. The molecule has 2 aromatic carbocycles. The minimum Gasteiger partial charge on any atom is -0.469 e. The Labute approximate surface area is 187 Å². The molecule has 1 unspecified atom stereocenters. The number of hydrogen-bond acceptors (Lipinski definition) is 5. The minimum absolute atomic E-state index is 0.0352. The van der Waals surface area contributed by atoms with E-state index in [1.165, 1.54) is 7.11 Å². The number of para-hydroxylation sites is 1. The predicted molar refractivity (Wildman–Crippen MR) is 119 cm³/mol. The number of hydrogen-bond donors (Lipinski definition) is 0. The molecule has 2 aliphatic heterocycles. The molecule has 2 heterocycles. The Morgan fingerprint density at radius 1 is 1.03 bits per heavy atom. The molecular formula is C25H28N2O5. The monoisotopic (exact) mass is 436 g/mol. The fraction of sp³-hybridized carbons (Fsp3) is 0.400. The topological polar surface area (TPSA) is 76.2 Å². The van der Waals surface area contributed by atoms with E-state index >= 15 is 0 Å². The first-order valence-electron chi connectivity index (χ1n) is 11.0. The molecule has 2 aromatic rings. The first-order valence-corrected chi connectivity index (χ1v) is 11.0. The highest BCUT2D eigenvalue weighted by molar-refractivity contribution is 5.97. The summed E-state index contributed by atoms with van der Waals surface area (Å²) in [6.45, 7) is 2.08. The maximum absolute atomic E-state index is 13.3. The van der Waals surface area contributed by atoms with Crippen LogP contribution in [0.3, 0.4) is 0 Å². The number of esters is 1. The van der Waals surface area contributed by atoms with E-state index in [4.69, 9.17) is 9.47 Å². The van der Waals surface area contributed by atoms with Gasteiger partial charge in [-0.15, -0.1) is 0 Å². The molecule has 0 aromatic heterocycles. The highest BCUT2D eigenvalue weighted by Gasteiger charge is 2.54. The standard InChI is InChI=1S/C25H28N2O5/c1-3-9-22(28)27-21-13-8-7-12-19(21)20-14-18(15-23(29)31-2)26(24(20)27)25(30)32-16-17-10-5-4-6-11-17/h4-8,10-13,18,20,24H,3,9,14-16H2,1-2H3/t18-,20?,24-/m0/s1. The molecule has 0 radical (unpaired) electrons. The number of benzene rings is 2. The van der Waals surface area contributed by atoms with E-state index in [2.05, 4.69) is 0 Å². The van der Waals surface area contributed by atoms with Crippen LogP contribution in [-0.2, 0) is 25.7 Å². The van der Waals surface area contributed by atoms with Crippen molar-refractivity contribution in [3.63, 3.8) is 0 Å². The molecule has 2 amide bonds. The van der Waals surface area contributed by atoms with Gasteiger partial charge < -0.3 is 9.47 Å². The molecule has 7 nitrogen and oxygen atoms in total. The normalized spacial score (nSPS) is 21.1. The number of carbonyl (C=O) groups is 3. The van der Waals surface area contributed by atoms with Crippen molar-refractivity contribution in [1.82, 2.24) is 4.90 Å². The summed E-state index contributed by atoms with van der Waals surface area (Å²) in [4.78, 5) is 41.9. The molecule has 0 saturated carbocycles. The van der Waals surface area contributed by atoms with Crippen molar-refractivity contribution in [2.45, 2.75) is 57.3 Å². The number of carbonyl (C=O) groups excluding carboxylic acids is 3. The maximum atomic E-state index is 13.3. The first-order chi connectivity index (χ1) is 15.5. The lowest BCUT2D eigenvalue weighted by Crippen LogP contribution is -2.52. The fourth-order valence-corrected chi connectivity index (χ4v) is 4.82. The van der Waals surface area contributed by atoms with Gasteiger partial charge in [0.05, 0.1) is 13.5 Å². The molecule has 3 atom stereocenters. The zero-order valence-corrected chi connectivity index (χ0v) is 18.4. The van der Waals surface area contributed by atoms with E-state index in [9.17, 15) is 14.4 Å². The maximum Gasteiger partial charge on any atom is 0.412 e. The second-order valence-electron chi connectivity index (χ2n) is 8.21. The van der Waals surface area contributed by atoms with E-state index in [-0.39, 0.29) is 24.9 Å². The number of fused-ring (bicyclic) bond motifs is 3. The van der Waals surface area contributed by atoms with Crippen LogP contribution in [0.5, 0.6) is 0 Å². The van der Waals surface area contributed by atoms with Crippen molar-refractivity contribution in [3.05, 3.63) is 65.7 Å². The summed E-state index contributed by atoms with van der Waals surface area (Å²) in [6.07, 6.45) is 0.668. The van der Waals surface area contributed by atoms with Gasteiger partial charge in [-0.3, -0.25) is 19.4 Å². The Hall–Kier alpha value is -3.35. The van der Waals surface area contributed by atoms with Crippen LogP contribution < -0.4 is 4.90 Å². The summed E-state index contributed by atoms with van der Waals surface area (Å²) < 4.78 is 10.5. The number of rotatable bonds is 6. The molecule has 0 N–H and O–H groups in total. The number of ether oxygens (including phenoxy) is 2. The molecule has 2 aliphatic rings. The van der Waals surface area contributed by atoms with Gasteiger partial charge in [-0.25, -0.2) is 4.79 Å². The molecule has 168 valence electrons. The van der Waals surface area contributed by atoms with Crippen LogP contribution in [0.25, 0.3) is 0 Å². The average Bonchev–Trinajstić information content (AvgIpc) is 3.32. The Bertz CT molecular complexity index is 993. The zero-order valence-electron chi connectivity index (χ0n) is 18.4. The number of methoxy groups -OCH3 is 1. The van der Waals surface area contributed by atoms with Crippen LogP contribution in [0.4, 0.5) is 10.5 Å². The fourth-order valence-electron chi connectivity index (χ4n) is 4.82. The van der Waals surface area contributed by atoms with Crippen LogP contribution in [0.1, 0.15) is 49.7 Å². The van der Waals surface area contributed by atoms with Crippen molar-refractivity contribution < 1.29 is 23.9 Å². The smallest absolute Gasteiger partial charge is 0.412 e. The van der Waals surface area contributed by atoms with Gasteiger partial charge in [0.1, 0.15) is 12.8 Å². The highest BCUT2D eigenvalue weighted by atomic mass is 16.6. The van der Waals surface area contributed by atoms with Gasteiger partial charge in [-0.1, -0.05) is 55.5 Å². The molecule has 0 aliphatic carbocycles. The van der Waals surface area contributed by atoms with Crippen molar-refractivity contribution in [1.29, 1.82) is 0 Å². The lowest BCUT2D eigenvalue weighted by atomic mass is 9.95. The summed E-state index contributed by atoms with van der Waals surface area (Å²) in [6, 6.07) is 16.8. The van der Waals surface area contributed by atoms with Crippen LogP contribution in [0, 0.1) is 0 Å². The molecule has 32 heavy (non-hydrogen) atoms. The van der Waals surface area contributed by atoms with Crippen LogP contribution >= 0.6 is 0 Å². The molecule has 7 heteroatoms. The van der Waals surface area contributed by atoms with Crippen molar-refractivity contribution in [3.8, 4) is 0 Å². The van der Waals surface area contributed by atoms with Gasteiger partial charge in [-0.05, 0) is 30.0 Å². The third-order valence-corrected chi connectivity index (χ3v) is 6.20. The third kappa shape index (κ3) is 4.07. The van der Waals surface area contributed by atoms with Crippen LogP contribution in [0.2, 0.25) is 0 Å². The first kappa shape index (κ1) is 21.9. The van der Waals surface area contributed by atoms with E-state index < -0.39 is 24.3 Å². The number of nitrogens with zero attached hydrogens (tertiary/aromatic N) is 2. The molecule has 1 saturated heterocycles. The second kappa shape index (κ2) is 9.42.